The van der Waals surface area contributed by atoms with E-state index in [1.165, 1.54) is 12.4 Å². The van der Waals surface area contributed by atoms with E-state index in [0.29, 0.717) is 0 Å². The molecule has 2 heterocycles. The first kappa shape index (κ1) is 12.9. The molecule has 0 saturated heterocycles. The minimum absolute atomic E-state index is 0.203. The Balaban J connectivity index is 2.04. The van der Waals surface area contributed by atoms with Crippen LogP contribution in [0.3, 0.4) is 0 Å². The van der Waals surface area contributed by atoms with Crippen molar-refractivity contribution in [3.63, 3.8) is 0 Å². The number of aromatic nitrogens is 3. The van der Waals surface area contributed by atoms with Crippen LogP contribution in [0.1, 0.15) is 0 Å². The standard InChI is InChI=1S/C10H7BrF3N3O/c11-7-1-2-9(15-3-7)18-8-4-16-17(5-8)6-10(12,13)14/h1-5H,6H2. The summed E-state index contributed by atoms with van der Waals surface area (Å²) in [5.41, 5.74) is 0. The van der Waals surface area contributed by atoms with Crippen molar-refractivity contribution in [3.05, 3.63) is 35.2 Å². The van der Waals surface area contributed by atoms with Gasteiger partial charge in [0, 0.05) is 16.7 Å². The Morgan fingerprint density at radius 2 is 2.06 bits per heavy atom. The zero-order valence-corrected chi connectivity index (χ0v) is 10.4. The predicted octanol–water partition coefficient (Wildman–Crippen LogP) is 3.40. The highest BCUT2D eigenvalue weighted by molar-refractivity contribution is 9.10. The van der Waals surface area contributed by atoms with E-state index < -0.39 is 12.7 Å². The second-order valence-electron chi connectivity index (χ2n) is 3.41. The van der Waals surface area contributed by atoms with Gasteiger partial charge in [-0.25, -0.2) is 4.98 Å². The lowest BCUT2D eigenvalue weighted by molar-refractivity contribution is -0.142. The smallest absolute Gasteiger partial charge is 0.408 e. The minimum atomic E-state index is -4.31. The molecule has 0 spiro atoms. The van der Waals surface area contributed by atoms with Gasteiger partial charge in [-0.15, -0.1) is 0 Å². The SMILES string of the molecule is FC(F)(F)Cn1cc(Oc2ccc(Br)cn2)cn1. The van der Waals surface area contributed by atoms with Crippen molar-refractivity contribution in [1.29, 1.82) is 0 Å². The fraction of sp³-hybridized carbons (Fsp3) is 0.200. The van der Waals surface area contributed by atoms with Crippen molar-refractivity contribution in [1.82, 2.24) is 14.8 Å². The minimum Gasteiger partial charge on any atom is -0.436 e. The Morgan fingerprint density at radius 3 is 2.67 bits per heavy atom. The second-order valence-corrected chi connectivity index (χ2v) is 4.32. The van der Waals surface area contributed by atoms with Crippen LogP contribution in [0.2, 0.25) is 0 Å². The molecule has 0 amide bonds. The molecular formula is C10H7BrF3N3O. The lowest BCUT2D eigenvalue weighted by Gasteiger charge is -2.05. The van der Waals surface area contributed by atoms with Gasteiger partial charge in [-0.2, -0.15) is 18.3 Å². The zero-order chi connectivity index (χ0) is 13.2. The summed E-state index contributed by atoms with van der Waals surface area (Å²) >= 11 is 3.21. The van der Waals surface area contributed by atoms with Crippen molar-refractivity contribution < 1.29 is 17.9 Å². The number of ether oxygens (including phenoxy) is 1. The predicted molar refractivity (Wildman–Crippen MR) is 60.3 cm³/mol. The monoisotopic (exact) mass is 321 g/mol. The lowest BCUT2D eigenvalue weighted by Crippen LogP contribution is -2.17. The van der Waals surface area contributed by atoms with Gasteiger partial charge in [-0.1, -0.05) is 0 Å². The molecule has 96 valence electrons. The number of rotatable bonds is 3. The number of hydrogen-bond donors (Lipinski definition) is 0. The van der Waals surface area contributed by atoms with Gasteiger partial charge in [0.1, 0.15) is 6.54 Å². The molecule has 0 bridgehead atoms. The number of hydrogen-bond acceptors (Lipinski definition) is 3. The molecule has 2 aromatic rings. The maximum Gasteiger partial charge on any atom is 0.408 e. The first-order valence-corrected chi connectivity index (χ1v) is 5.60. The summed E-state index contributed by atoms with van der Waals surface area (Å²) in [6.45, 7) is -1.15. The quantitative estimate of drug-likeness (QED) is 0.870. The summed E-state index contributed by atoms with van der Waals surface area (Å²) in [5.74, 6) is 0.485. The Kier molecular flexibility index (Phi) is 3.55. The van der Waals surface area contributed by atoms with Crippen molar-refractivity contribution in [2.45, 2.75) is 12.7 Å². The molecular weight excluding hydrogens is 315 g/mol. The van der Waals surface area contributed by atoms with Crippen molar-refractivity contribution in [2.24, 2.45) is 0 Å². The third-order valence-electron chi connectivity index (χ3n) is 1.87. The van der Waals surface area contributed by atoms with Crippen LogP contribution in [0.25, 0.3) is 0 Å². The van der Waals surface area contributed by atoms with E-state index >= 15 is 0 Å². The molecule has 18 heavy (non-hydrogen) atoms. The molecule has 0 radical (unpaired) electrons. The summed E-state index contributed by atoms with van der Waals surface area (Å²) in [4.78, 5) is 3.93. The van der Waals surface area contributed by atoms with Crippen LogP contribution in [0.4, 0.5) is 13.2 Å². The van der Waals surface area contributed by atoms with E-state index in [1.807, 2.05) is 0 Å². The van der Waals surface area contributed by atoms with Gasteiger partial charge in [0.05, 0.1) is 12.4 Å². The largest absolute Gasteiger partial charge is 0.436 e. The average Bonchev–Trinajstić information content (AvgIpc) is 2.66. The summed E-state index contributed by atoms with van der Waals surface area (Å²) in [6, 6.07) is 3.30. The zero-order valence-electron chi connectivity index (χ0n) is 8.86. The molecule has 4 nitrogen and oxygen atoms in total. The summed E-state index contributed by atoms with van der Waals surface area (Å²) in [7, 11) is 0. The van der Waals surface area contributed by atoms with Crippen LogP contribution < -0.4 is 4.74 Å². The summed E-state index contributed by atoms with van der Waals surface area (Å²) in [6.07, 6.45) is -0.415. The van der Waals surface area contributed by atoms with Gasteiger partial charge in [-0.05, 0) is 22.0 Å². The normalized spacial score (nSPS) is 11.6. The first-order valence-electron chi connectivity index (χ1n) is 4.81. The number of halogens is 4. The van der Waals surface area contributed by atoms with Gasteiger partial charge >= 0.3 is 6.18 Å². The van der Waals surface area contributed by atoms with Crippen molar-refractivity contribution in [3.8, 4) is 11.6 Å². The van der Waals surface area contributed by atoms with Gasteiger partial charge in [0.25, 0.3) is 0 Å². The fourth-order valence-corrected chi connectivity index (χ4v) is 1.45. The third kappa shape index (κ3) is 3.73. The van der Waals surface area contributed by atoms with E-state index in [2.05, 4.69) is 26.0 Å². The molecule has 0 unspecified atom stereocenters. The van der Waals surface area contributed by atoms with Gasteiger partial charge in [0.2, 0.25) is 5.88 Å². The Morgan fingerprint density at radius 1 is 1.28 bits per heavy atom. The molecule has 2 rings (SSSR count). The van der Waals surface area contributed by atoms with E-state index in [9.17, 15) is 13.2 Å². The summed E-state index contributed by atoms with van der Waals surface area (Å²) < 4.78 is 43.1. The van der Waals surface area contributed by atoms with Gasteiger partial charge in [0.15, 0.2) is 5.75 Å². The van der Waals surface area contributed by atoms with E-state index in [0.717, 1.165) is 15.4 Å². The highest BCUT2D eigenvalue weighted by Crippen LogP contribution is 2.22. The Bertz CT molecular complexity index is 524. The van der Waals surface area contributed by atoms with E-state index in [4.69, 9.17) is 4.74 Å². The maximum atomic E-state index is 12.1. The van der Waals surface area contributed by atoms with Gasteiger partial charge in [-0.3, -0.25) is 4.68 Å². The molecule has 0 aliphatic rings. The first-order chi connectivity index (χ1) is 8.42. The maximum absolute atomic E-state index is 12.1. The lowest BCUT2D eigenvalue weighted by atomic mass is 10.5. The molecule has 0 aromatic carbocycles. The molecule has 0 fully saturated rings. The van der Waals surface area contributed by atoms with Crippen LogP contribution in [-0.2, 0) is 6.54 Å². The highest BCUT2D eigenvalue weighted by atomic mass is 79.9. The van der Waals surface area contributed by atoms with E-state index in [-0.39, 0.29) is 11.6 Å². The number of nitrogens with zero attached hydrogens (tertiary/aromatic N) is 3. The van der Waals surface area contributed by atoms with Crippen molar-refractivity contribution >= 4 is 15.9 Å². The fourth-order valence-electron chi connectivity index (χ4n) is 1.21. The van der Waals surface area contributed by atoms with Crippen molar-refractivity contribution in [2.75, 3.05) is 0 Å². The van der Waals surface area contributed by atoms with E-state index in [1.54, 1.807) is 12.1 Å². The van der Waals surface area contributed by atoms with Crippen LogP contribution in [-0.4, -0.2) is 20.9 Å². The number of pyridine rings is 1. The molecule has 2 aromatic heterocycles. The average molecular weight is 322 g/mol. The topological polar surface area (TPSA) is 39.9 Å². The van der Waals surface area contributed by atoms with Crippen LogP contribution in [0.5, 0.6) is 11.6 Å². The number of alkyl halides is 3. The molecule has 8 heteroatoms. The molecule has 0 atom stereocenters. The van der Waals surface area contributed by atoms with Crippen LogP contribution in [0.15, 0.2) is 35.2 Å². The molecule has 0 N–H and O–H groups in total. The molecule has 0 aliphatic carbocycles. The molecule has 0 aliphatic heterocycles. The second kappa shape index (κ2) is 4.97. The molecule has 0 saturated carbocycles. The Hall–Kier alpha value is -1.57. The summed E-state index contributed by atoms with van der Waals surface area (Å²) in [5, 5.41) is 3.55. The Labute approximate surface area is 109 Å². The van der Waals surface area contributed by atoms with Gasteiger partial charge < -0.3 is 4.74 Å². The highest BCUT2D eigenvalue weighted by Gasteiger charge is 2.28. The third-order valence-corrected chi connectivity index (χ3v) is 2.34. The van der Waals surface area contributed by atoms with Crippen LogP contribution >= 0.6 is 15.9 Å². The van der Waals surface area contributed by atoms with Crippen LogP contribution in [0, 0.1) is 0 Å².